The minimum absolute atomic E-state index is 0.0761. The van der Waals surface area contributed by atoms with Gasteiger partial charge in [0.1, 0.15) is 5.82 Å². The second kappa shape index (κ2) is 4.30. The van der Waals surface area contributed by atoms with Crippen LogP contribution in [0.5, 0.6) is 0 Å². The van der Waals surface area contributed by atoms with Crippen LogP contribution in [0.3, 0.4) is 0 Å². The van der Waals surface area contributed by atoms with Gasteiger partial charge in [-0.2, -0.15) is 0 Å². The van der Waals surface area contributed by atoms with Crippen molar-refractivity contribution in [3.63, 3.8) is 0 Å². The van der Waals surface area contributed by atoms with Crippen LogP contribution in [0.1, 0.15) is 26.3 Å². The molecule has 94 valence electrons. The van der Waals surface area contributed by atoms with E-state index >= 15 is 0 Å². The summed E-state index contributed by atoms with van der Waals surface area (Å²) in [6.07, 6.45) is 0. The number of piperazine rings is 1. The Morgan fingerprint density at radius 2 is 2.06 bits per heavy atom. The zero-order valence-electron chi connectivity index (χ0n) is 11.0. The molecule has 0 aliphatic carbocycles. The van der Waals surface area contributed by atoms with E-state index < -0.39 is 0 Å². The van der Waals surface area contributed by atoms with Crippen molar-refractivity contribution < 1.29 is 4.39 Å². The molecular formula is C14H21FN2. The topological polar surface area (TPSA) is 15.3 Å². The molecule has 1 aromatic carbocycles. The van der Waals surface area contributed by atoms with Gasteiger partial charge in [-0.25, -0.2) is 4.39 Å². The summed E-state index contributed by atoms with van der Waals surface area (Å²) in [5.41, 5.74) is 2.04. The van der Waals surface area contributed by atoms with Gasteiger partial charge in [-0.3, -0.25) is 0 Å². The van der Waals surface area contributed by atoms with Crippen LogP contribution in [-0.4, -0.2) is 24.7 Å². The summed E-state index contributed by atoms with van der Waals surface area (Å²) in [6, 6.07) is 5.65. The van der Waals surface area contributed by atoms with E-state index in [1.807, 2.05) is 6.92 Å². The lowest BCUT2D eigenvalue weighted by Gasteiger charge is -2.44. The summed E-state index contributed by atoms with van der Waals surface area (Å²) in [6.45, 7) is 10.3. The van der Waals surface area contributed by atoms with E-state index in [4.69, 9.17) is 0 Å². The van der Waals surface area contributed by atoms with Crippen LogP contribution < -0.4 is 10.2 Å². The SMILES string of the molecule is Cc1cc(F)cc(N2CC(C)(C)NCC2C)c1. The van der Waals surface area contributed by atoms with Crippen molar-refractivity contribution in [2.45, 2.75) is 39.3 Å². The molecule has 1 aliphatic heterocycles. The summed E-state index contributed by atoms with van der Waals surface area (Å²) in [5.74, 6) is -0.150. The monoisotopic (exact) mass is 236 g/mol. The van der Waals surface area contributed by atoms with E-state index in [-0.39, 0.29) is 11.4 Å². The highest BCUT2D eigenvalue weighted by molar-refractivity contribution is 5.50. The first-order chi connectivity index (χ1) is 7.87. The summed E-state index contributed by atoms with van der Waals surface area (Å²) < 4.78 is 13.5. The molecule has 0 spiro atoms. The van der Waals surface area contributed by atoms with E-state index in [0.717, 1.165) is 24.3 Å². The number of halogens is 1. The number of benzene rings is 1. The van der Waals surface area contributed by atoms with E-state index in [1.165, 1.54) is 0 Å². The smallest absolute Gasteiger partial charge is 0.125 e. The summed E-state index contributed by atoms with van der Waals surface area (Å²) in [5, 5.41) is 3.50. The molecule has 1 aliphatic rings. The Kier molecular flexibility index (Phi) is 3.13. The zero-order chi connectivity index (χ0) is 12.6. The molecule has 0 saturated carbocycles. The summed E-state index contributed by atoms with van der Waals surface area (Å²) >= 11 is 0. The van der Waals surface area contributed by atoms with Gasteiger partial charge in [0, 0.05) is 30.4 Å². The van der Waals surface area contributed by atoms with Crippen LogP contribution in [-0.2, 0) is 0 Å². The number of hydrogen-bond donors (Lipinski definition) is 1. The van der Waals surface area contributed by atoms with Crippen LogP contribution in [0.4, 0.5) is 10.1 Å². The molecule has 1 atom stereocenters. The number of aryl methyl sites for hydroxylation is 1. The molecule has 1 N–H and O–H groups in total. The predicted octanol–water partition coefficient (Wildman–Crippen LogP) is 2.71. The minimum Gasteiger partial charge on any atom is -0.366 e. The number of hydrogen-bond acceptors (Lipinski definition) is 2. The first-order valence-corrected chi connectivity index (χ1v) is 6.16. The van der Waals surface area contributed by atoms with E-state index in [0.29, 0.717) is 6.04 Å². The Balaban J connectivity index is 2.30. The van der Waals surface area contributed by atoms with Gasteiger partial charge in [-0.1, -0.05) is 0 Å². The van der Waals surface area contributed by atoms with Gasteiger partial charge in [-0.15, -0.1) is 0 Å². The van der Waals surface area contributed by atoms with Crippen molar-refractivity contribution in [1.29, 1.82) is 0 Å². The fourth-order valence-corrected chi connectivity index (χ4v) is 2.40. The maximum atomic E-state index is 13.5. The molecule has 1 heterocycles. The Bertz CT molecular complexity index is 394. The van der Waals surface area contributed by atoms with Crippen molar-refractivity contribution in [2.24, 2.45) is 0 Å². The van der Waals surface area contributed by atoms with Crippen molar-refractivity contribution in [1.82, 2.24) is 5.32 Å². The van der Waals surface area contributed by atoms with Crippen LogP contribution in [0, 0.1) is 12.7 Å². The second-order valence-electron chi connectivity index (χ2n) is 5.73. The molecule has 0 aromatic heterocycles. The van der Waals surface area contributed by atoms with E-state index in [9.17, 15) is 4.39 Å². The van der Waals surface area contributed by atoms with Crippen molar-refractivity contribution in [3.8, 4) is 0 Å². The van der Waals surface area contributed by atoms with Crippen LogP contribution in [0.15, 0.2) is 18.2 Å². The van der Waals surface area contributed by atoms with Crippen molar-refractivity contribution >= 4 is 5.69 Å². The number of rotatable bonds is 1. The predicted molar refractivity (Wildman–Crippen MR) is 70.0 cm³/mol. The lowest BCUT2D eigenvalue weighted by molar-refractivity contribution is 0.318. The van der Waals surface area contributed by atoms with Gasteiger partial charge in [0.05, 0.1) is 0 Å². The minimum atomic E-state index is -0.150. The van der Waals surface area contributed by atoms with E-state index in [1.54, 1.807) is 12.1 Å². The van der Waals surface area contributed by atoms with Gasteiger partial charge in [-0.05, 0) is 51.5 Å². The maximum absolute atomic E-state index is 13.5. The molecule has 2 rings (SSSR count). The largest absolute Gasteiger partial charge is 0.366 e. The molecule has 0 bridgehead atoms. The van der Waals surface area contributed by atoms with Crippen LogP contribution in [0.25, 0.3) is 0 Å². The third-order valence-corrected chi connectivity index (χ3v) is 3.33. The number of nitrogens with zero attached hydrogens (tertiary/aromatic N) is 1. The Morgan fingerprint density at radius 3 is 2.71 bits per heavy atom. The number of anilines is 1. The standard InChI is InChI=1S/C14H21FN2/c1-10-5-12(15)7-13(6-10)17-9-14(3,4)16-8-11(17)2/h5-7,11,16H,8-9H2,1-4H3. The number of nitrogens with one attached hydrogen (secondary N) is 1. The highest BCUT2D eigenvalue weighted by Crippen LogP contribution is 2.25. The van der Waals surface area contributed by atoms with Crippen molar-refractivity contribution in [2.75, 3.05) is 18.0 Å². The van der Waals surface area contributed by atoms with Gasteiger partial charge < -0.3 is 10.2 Å². The molecule has 17 heavy (non-hydrogen) atoms. The fraction of sp³-hybridized carbons (Fsp3) is 0.571. The molecule has 0 amide bonds. The lowest BCUT2D eigenvalue weighted by Crippen LogP contribution is -2.61. The third kappa shape index (κ3) is 2.78. The first-order valence-electron chi connectivity index (χ1n) is 6.16. The molecule has 1 fully saturated rings. The highest BCUT2D eigenvalue weighted by atomic mass is 19.1. The first kappa shape index (κ1) is 12.4. The van der Waals surface area contributed by atoms with Gasteiger partial charge in [0.2, 0.25) is 0 Å². The third-order valence-electron chi connectivity index (χ3n) is 3.33. The van der Waals surface area contributed by atoms with Crippen molar-refractivity contribution in [3.05, 3.63) is 29.6 Å². The normalized spacial score (nSPS) is 23.8. The molecule has 0 radical (unpaired) electrons. The highest BCUT2D eigenvalue weighted by Gasteiger charge is 2.30. The van der Waals surface area contributed by atoms with Gasteiger partial charge >= 0.3 is 0 Å². The summed E-state index contributed by atoms with van der Waals surface area (Å²) in [4.78, 5) is 2.28. The molecule has 3 heteroatoms. The fourth-order valence-electron chi connectivity index (χ4n) is 2.40. The molecule has 1 saturated heterocycles. The van der Waals surface area contributed by atoms with E-state index in [2.05, 4.69) is 37.1 Å². The average molecular weight is 236 g/mol. The molecule has 1 aromatic rings. The Hall–Kier alpha value is -1.09. The maximum Gasteiger partial charge on any atom is 0.125 e. The molecular weight excluding hydrogens is 215 g/mol. The summed E-state index contributed by atoms with van der Waals surface area (Å²) in [7, 11) is 0. The van der Waals surface area contributed by atoms with Crippen LogP contribution in [0.2, 0.25) is 0 Å². The molecule has 1 unspecified atom stereocenters. The molecule has 2 nitrogen and oxygen atoms in total. The van der Waals surface area contributed by atoms with Gasteiger partial charge in [0.25, 0.3) is 0 Å². The van der Waals surface area contributed by atoms with Gasteiger partial charge in [0.15, 0.2) is 0 Å². The quantitative estimate of drug-likeness (QED) is 0.806. The lowest BCUT2D eigenvalue weighted by atomic mass is 9.98. The van der Waals surface area contributed by atoms with Crippen LogP contribution >= 0.6 is 0 Å². The average Bonchev–Trinajstić information content (AvgIpc) is 2.20. The second-order valence-corrected chi connectivity index (χ2v) is 5.73. The zero-order valence-corrected chi connectivity index (χ0v) is 11.0. The Morgan fingerprint density at radius 1 is 1.35 bits per heavy atom. The Labute approximate surface area is 103 Å².